The Morgan fingerprint density at radius 2 is 2.04 bits per heavy atom. The van der Waals surface area contributed by atoms with Gasteiger partial charge in [-0.15, -0.1) is 0 Å². The van der Waals surface area contributed by atoms with E-state index in [1.165, 1.54) is 12.0 Å². The molecular formula is C18H19N5O3. The first-order chi connectivity index (χ1) is 12.5. The summed E-state index contributed by atoms with van der Waals surface area (Å²) in [5, 5.41) is 0. The van der Waals surface area contributed by atoms with E-state index in [0.717, 1.165) is 11.4 Å². The smallest absolute Gasteiger partial charge is 0.332 e. The summed E-state index contributed by atoms with van der Waals surface area (Å²) in [6, 6.07) is 9.26. The summed E-state index contributed by atoms with van der Waals surface area (Å²) in [4.78, 5) is 37.1. The second-order valence-corrected chi connectivity index (χ2v) is 6.35. The molecule has 0 saturated carbocycles. The van der Waals surface area contributed by atoms with Gasteiger partial charge in [-0.05, 0) is 12.5 Å². The molecule has 26 heavy (non-hydrogen) atoms. The number of benzene rings is 1. The van der Waals surface area contributed by atoms with Crippen molar-refractivity contribution in [2.75, 3.05) is 25.6 Å². The largest absolute Gasteiger partial charge is 0.467 e. The third kappa shape index (κ3) is 2.37. The molecule has 1 aromatic heterocycles. The van der Waals surface area contributed by atoms with Crippen LogP contribution in [0.3, 0.4) is 0 Å². The number of guanidine groups is 1. The van der Waals surface area contributed by atoms with E-state index in [0.29, 0.717) is 30.6 Å². The molecule has 8 heteroatoms. The zero-order valence-electron chi connectivity index (χ0n) is 14.8. The van der Waals surface area contributed by atoms with Crippen molar-refractivity contribution in [2.45, 2.75) is 19.5 Å². The minimum absolute atomic E-state index is 0.183. The van der Waals surface area contributed by atoms with Crippen LogP contribution in [-0.2, 0) is 16.1 Å². The molecule has 0 fully saturated rings. The number of fused-ring (bicyclic) bond motifs is 3. The number of aromatic nitrogens is 2. The minimum Gasteiger partial charge on any atom is -0.467 e. The number of rotatable bonds is 3. The number of carbonyl (C=O) groups is 2. The molecule has 3 heterocycles. The molecule has 4 rings (SSSR count). The van der Waals surface area contributed by atoms with Gasteiger partial charge in [-0.25, -0.2) is 14.8 Å². The molecule has 1 amide bonds. The summed E-state index contributed by atoms with van der Waals surface area (Å²) in [6.07, 6.45) is 0. The fourth-order valence-electron chi connectivity index (χ4n) is 3.37. The lowest BCUT2D eigenvalue weighted by molar-refractivity contribution is -0.141. The molecule has 0 spiro atoms. The number of hydrogen-bond donors (Lipinski definition) is 0. The Hall–Kier alpha value is -3.16. The van der Waals surface area contributed by atoms with Crippen molar-refractivity contribution in [3.8, 4) is 0 Å². The summed E-state index contributed by atoms with van der Waals surface area (Å²) in [7, 11) is 2.99. The van der Waals surface area contributed by atoms with Gasteiger partial charge in [-0.3, -0.25) is 14.6 Å². The maximum atomic E-state index is 13.0. The molecular weight excluding hydrogens is 334 g/mol. The first kappa shape index (κ1) is 16.3. The van der Waals surface area contributed by atoms with Crippen LogP contribution in [0.5, 0.6) is 0 Å². The van der Waals surface area contributed by atoms with E-state index >= 15 is 0 Å². The van der Waals surface area contributed by atoms with E-state index in [1.807, 2.05) is 46.7 Å². The van der Waals surface area contributed by atoms with E-state index in [4.69, 9.17) is 4.74 Å². The second kappa shape index (κ2) is 5.98. The Morgan fingerprint density at radius 1 is 1.31 bits per heavy atom. The highest BCUT2D eigenvalue weighted by Crippen LogP contribution is 2.32. The van der Waals surface area contributed by atoms with Gasteiger partial charge >= 0.3 is 5.97 Å². The summed E-state index contributed by atoms with van der Waals surface area (Å²) in [5.74, 6) is 1.11. The van der Waals surface area contributed by atoms with Crippen LogP contribution in [-0.4, -0.2) is 59.0 Å². The molecule has 2 aliphatic heterocycles. The Labute approximate surface area is 150 Å². The summed E-state index contributed by atoms with van der Waals surface area (Å²) in [5.41, 5.74) is 1.60. The maximum absolute atomic E-state index is 13.0. The number of carbonyl (C=O) groups excluding carboxylic acids is 2. The lowest BCUT2D eigenvalue weighted by Gasteiger charge is -2.31. The molecule has 0 N–H and O–H groups in total. The Morgan fingerprint density at radius 3 is 2.73 bits per heavy atom. The zero-order valence-corrected chi connectivity index (χ0v) is 14.8. The van der Waals surface area contributed by atoms with Gasteiger partial charge in [0.15, 0.2) is 17.6 Å². The van der Waals surface area contributed by atoms with Crippen LogP contribution in [0.1, 0.15) is 21.9 Å². The quantitative estimate of drug-likeness (QED) is 0.771. The fourth-order valence-corrected chi connectivity index (χ4v) is 3.37. The first-order valence-corrected chi connectivity index (χ1v) is 8.33. The predicted octanol–water partition coefficient (Wildman–Crippen LogP) is 1.04. The predicted molar refractivity (Wildman–Crippen MR) is 95.2 cm³/mol. The number of methoxy groups -OCH3 is 1. The van der Waals surface area contributed by atoms with Gasteiger partial charge in [0, 0.05) is 13.6 Å². The maximum Gasteiger partial charge on any atom is 0.332 e. The Bertz CT molecular complexity index is 918. The SMILES string of the molecule is COC(=O)[C@H]1CN2C(=N1)N(C)C(=O)c1c2nc(C)n1Cc1ccccc1. The van der Waals surface area contributed by atoms with E-state index in [1.54, 1.807) is 7.05 Å². The van der Waals surface area contributed by atoms with E-state index in [2.05, 4.69) is 9.98 Å². The molecule has 0 aliphatic carbocycles. The zero-order chi connectivity index (χ0) is 18.4. The van der Waals surface area contributed by atoms with Crippen molar-refractivity contribution in [2.24, 2.45) is 4.99 Å². The standard InChI is InChI=1S/C18H19N5O3/c1-11-19-15-14(22(11)9-12-7-5-4-6-8-12)16(24)21(2)18-20-13(10-23(15)18)17(25)26-3/h4-8,13H,9-10H2,1-3H3/t13-/m1/s1. The molecule has 134 valence electrons. The van der Waals surface area contributed by atoms with Gasteiger partial charge < -0.3 is 9.30 Å². The second-order valence-electron chi connectivity index (χ2n) is 6.35. The minimum atomic E-state index is -0.657. The molecule has 0 radical (unpaired) electrons. The lowest BCUT2D eigenvalue weighted by atomic mass is 10.2. The summed E-state index contributed by atoms with van der Waals surface area (Å²) < 4.78 is 6.70. The van der Waals surface area contributed by atoms with Gasteiger partial charge in [0.1, 0.15) is 5.82 Å². The van der Waals surface area contributed by atoms with Gasteiger partial charge in [0.05, 0.1) is 13.7 Å². The number of hydrogen-bond acceptors (Lipinski definition) is 6. The van der Waals surface area contributed by atoms with Crippen molar-refractivity contribution < 1.29 is 14.3 Å². The average molecular weight is 353 g/mol. The Balaban J connectivity index is 1.76. The number of nitrogens with zero attached hydrogens (tertiary/aromatic N) is 5. The van der Waals surface area contributed by atoms with Crippen LogP contribution < -0.4 is 4.90 Å². The molecule has 2 aliphatic rings. The van der Waals surface area contributed by atoms with Crippen molar-refractivity contribution in [3.05, 3.63) is 47.4 Å². The molecule has 1 atom stereocenters. The molecule has 8 nitrogen and oxygen atoms in total. The van der Waals surface area contributed by atoms with Crippen LogP contribution in [0.25, 0.3) is 0 Å². The topological polar surface area (TPSA) is 80.0 Å². The summed E-state index contributed by atoms with van der Waals surface area (Å²) >= 11 is 0. The number of esters is 1. The van der Waals surface area contributed by atoms with E-state index < -0.39 is 12.0 Å². The number of anilines is 1. The van der Waals surface area contributed by atoms with Crippen LogP contribution in [0, 0.1) is 6.92 Å². The van der Waals surface area contributed by atoms with Crippen molar-refractivity contribution >= 4 is 23.7 Å². The first-order valence-electron chi connectivity index (χ1n) is 8.33. The molecule has 1 aromatic carbocycles. The van der Waals surface area contributed by atoms with Crippen LogP contribution >= 0.6 is 0 Å². The number of aryl methyl sites for hydroxylation is 1. The highest BCUT2D eigenvalue weighted by molar-refractivity contribution is 6.18. The highest BCUT2D eigenvalue weighted by atomic mass is 16.5. The average Bonchev–Trinajstić information content (AvgIpc) is 3.23. The van der Waals surface area contributed by atoms with Gasteiger partial charge in [-0.1, -0.05) is 30.3 Å². The normalized spacial score (nSPS) is 18.5. The lowest BCUT2D eigenvalue weighted by Crippen LogP contribution is -2.49. The van der Waals surface area contributed by atoms with E-state index in [9.17, 15) is 9.59 Å². The third-order valence-corrected chi connectivity index (χ3v) is 4.73. The number of imidazole rings is 1. The van der Waals surface area contributed by atoms with E-state index in [-0.39, 0.29) is 5.91 Å². The van der Waals surface area contributed by atoms with Gasteiger partial charge in [0.2, 0.25) is 5.96 Å². The van der Waals surface area contributed by atoms with Crippen molar-refractivity contribution in [1.82, 2.24) is 14.5 Å². The fraction of sp³-hybridized carbons (Fsp3) is 0.333. The van der Waals surface area contributed by atoms with Crippen molar-refractivity contribution in [1.29, 1.82) is 0 Å². The molecule has 2 aromatic rings. The van der Waals surface area contributed by atoms with Crippen LogP contribution in [0.2, 0.25) is 0 Å². The van der Waals surface area contributed by atoms with Crippen molar-refractivity contribution in [3.63, 3.8) is 0 Å². The number of aliphatic imine (C=N–C) groups is 1. The number of amides is 1. The van der Waals surface area contributed by atoms with Gasteiger partial charge in [0.25, 0.3) is 5.91 Å². The number of ether oxygens (including phenoxy) is 1. The van der Waals surface area contributed by atoms with Gasteiger partial charge in [-0.2, -0.15) is 0 Å². The van der Waals surface area contributed by atoms with Crippen LogP contribution in [0.15, 0.2) is 35.3 Å². The van der Waals surface area contributed by atoms with Crippen LogP contribution in [0.4, 0.5) is 5.82 Å². The monoisotopic (exact) mass is 353 g/mol. The Kier molecular flexibility index (Phi) is 3.75. The molecule has 0 unspecified atom stereocenters. The summed E-state index contributed by atoms with van der Waals surface area (Å²) in [6.45, 7) is 2.74. The third-order valence-electron chi connectivity index (χ3n) is 4.73. The highest BCUT2D eigenvalue weighted by Gasteiger charge is 2.44. The molecule has 0 saturated heterocycles. The molecule has 0 bridgehead atoms.